The van der Waals surface area contributed by atoms with Gasteiger partial charge in [-0.15, -0.1) is 0 Å². The van der Waals surface area contributed by atoms with E-state index in [1.165, 1.54) is 0 Å². The van der Waals surface area contributed by atoms with Crippen LogP contribution in [0.25, 0.3) is 0 Å². The van der Waals surface area contributed by atoms with E-state index in [0.717, 1.165) is 36.8 Å². The number of amides is 3. The molecule has 0 saturated heterocycles. The molecular formula is C30H39N3O6. The molecule has 0 heterocycles. The fourth-order valence-corrected chi connectivity index (χ4v) is 4.26. The Morgan fingerprint density at radius 2 is 1.56 bits per heavy atom. The molecule has 0 radical (unpaired) electrons. The van der Waals surface area contributed by atoms with E-state index in [-0.39, 0.29) is 24.8 Å². The molecule has 0 bridgehead atoms. The molecular weight excluding hydrogens is 498 g/mol. The van der Waals surface area contributed by atoms with Gasteiger partial charge in [-0.2, -0.15) is 0 Å². The largest absolute Gasteiger partial charge is 0.444 e. The van der Waals surface area contributed by atoms with Crippen LogP contribution in [0.5, 0.6) is 0 Å². The summed E-state index contributed by atoms with van der Waals surface area (Å²) in [6, 6.07) is 16.2. The molecule has 4 N–H and O–H groups in total. The third kappa shape index (κ3) is 10.8. The Labute approximate surface area is 230 Å². The molecule has 0 atom stereocenters. The smallest absolute Gasteiger partial charge is 0.413 e. The minimum absolute atomic E-state index is 0.0437. The van der Waals surface area contributed by atoms with Gasteiger partial charge in [0.2, 0.25) is 0 Å². The third-order valence-electron chi connectivity index (χ3n) is 6.31. The number of benzene rings is 2. The van der Waals surface area contributed by atoms with Crippen molar-refractivity contribution >= 4 is 23.8 Å². The zero-order valence-corrected chi connectivity index (χ0v) is 22.9. The molecule has 1 aliphatic carbocycles. The quantitative estimate of drug-likeness (QED) is 0.255. The van der Waals surface area contributed by atoms with Crippen molar-refractivity contribution < 1.29 is 29.0 Å². The molecule has 0 aliphatic heterocycles. The SMILES string of the molecule is CC(C)(C)OC(=O)NCC1CCC(C=C(OC(=O)NCc2ccccc2)C(=O)Nc2ccc(CO)cc2)CC1. The van der Waals surface area contributed by atoms with Gasteiger partial charge in [-0.1, -0.05) is 42.5 Å². The number of hydrogen-bond acceptors (Lipinski definition) is 6. The normalized spacial score (nSPS) is 17.6. The van der Waals surface area contributed by atoms with E-state index in [2.05, 4.69) is 16.0 Å². The van der Waals surface area contributed by atoms with Gasteiger partial charge in [0.05, 0.1) is 6.61 Å². The second kappa shape index (κ2) is 14.3. The summed E-state index contributed by atoms with van der Waals surface area (Å²) in [7, 11) is 0. The fourth-order valence-electron chi connectivity index (χ4n) is 4.26. The van der Waals surface area contributed by atoms with Crippen LogP contribution in [0.4, 0.5) is 15.3 Å². The molecule has 1 aliphatic rings. The lowest BCUT2D eigenvalue weighted by molar-refractivity contribution is -0.115. The van der Waals surface area contributed by atoms with Crippen molar-refractivity contribution in [1.82, 2.24) is 10.6 Å². The van der Waals surface area contributed by atoms with Crippen LogP contribution in [-0.2, 0) is 27.4 Å². The van der Waals surface area contributed by atoms with Crippen molar-refractivity contribution in [2.75, 3.05) is 11.9 Å². The zero-order valence-electron chi connectivity index (χ0n) is 22.9. The van der Waals surface area contributed by atoms with Crippen molar-refractivity contribution in [2.45, 2.75) is 65.2 Å². The highest BCUT2D eigenvalue weighted by Crippen LogP contribution is 2.30. The van der Waals surface area contributed by atoms with E-state index < -0.39 is 23.7 Å². The van der Waals surface area contributed by atoms with Crippen LogP contribution in [0, 0.1) is 11.8 Å². The van der Waals surface area contributed by atoms with Crippen molar-refractivity contribution in [1.29, 1.82) is 0 Å². The van der Waals surface area contributed by atoms with Crippen LogP contribution in [0.1, 0.15) is 57.6 Å². The van der Waals surface area contributed by atoms with Gasteiger partial charge in [-0.25, -0.2) is 9.59 Å². The predicted molar refractivity (Wildman–Crippen MR) is 149 cm³/mol. The first-order valence-corrected chi connectivity index (χ1v) is 13.3. The van der Waals surface area contributed by atoms with E-state index in [9.17, 15) is 19.5 Å². The maximum Gasteiger partial charge on any atom is 0.413 e. The summed E-state index contributed by atoms with van der Waals surface area (Å²) in [6.45, 7) is 6.18. The van der Waals surface area contributed by atoms with Crippen molar-refractivity contribution in [2.24, 2.45) is 11.8 Å². The maximum atomic E-state index is 13.1. The average Bonchev–Trinajstić information content (AvgIpc) is 2.91. The summed E-state index contributed by atoms with van der Waals surface area (Å²) in [5, 5.41) is 17.5. The molecule has 0 aromatic heterocycles. The summed E-state index contributed by atoms with van der Waals surface area (Å²) in [5.41, 5.74) is 1.61. The van der Waals surface area contributed by atoms with Crippen LogP contribution < -0.4 is 16.0 Å². The molecule has 9 heteroatoms. The summed E-state index contributed by atoms with van der Waals surface area (Å²) >= 11 is 0. The molecule has 1 fully saturated rings. The number of aliphatic hydroxyl groups excluding tert-OH is 1. The topological polar surface area (TPSA) is 126 Å². The lowest BCUT2D eigenvalue weighted by atomic mass is 9.81. The Balaban J connectivity index is 1.60. The van der Waals surface area contributed by atoms with Gasteiger partial charge in [0.15, 0.2) is 5.76 Å². The molecule has 1 saturated carbocycles. The van der Waals surface area contributed by atoms with Gasteiger partial charge >= 0.3 is 12.2 Å². The van der Waals surface area contributed by atoms with Gasteiger partial charge in [0.1, 0.15) is 5.60 Å². The number of aliphatic hydroxyl groups is 1. The number of hydrogen-bond donors (Lipinski definition) is 4. The highest BCUT2D eigenvalue weighted by atomic mass is 16.6. The Kier molecular flexibility index (Phi) is 10.9. The van der Waals surface area contributed by atoms with E-state index >= 15 is 0 Å². The molecule has 9 nitrogen and oxygen atoms in total. The van der Waals surface area contributed by atoms with Crippen LogP contribution >= 0.6 is 0 Å². The molecule has 3 rings (SSSR count). The summed E-state index contributed by atoms with van der Waals surface area (Å²) in [4.78, 5) is 37.7. The number of allylic oxidation sites excluding steroid dienone is 1. The average molecular weight is 538 g/mol. The molecule has 210 valence electrons. The van der Waals surface area contributed by atoms with Gasteiger partial charge in [-0.05, 0) is 87.6 Å². The van der Waals surface area contributed by atoms with Crippen molar-refractivity contribution in [3.63, 3.8) is 0 Å². The highest BCUT2D eigenvalue weighted by Gasteiger charge is 2.25. The number of carbonyl (C=O) groups excluding carboxylic acids is 3. The number of rotatable bonds is 9. The fraction of sp³-hybridized carbons (Fsp3) is 0.433. The van der Waals surface area contributed by atoms with Gasteiger partial charge in [-0.3, -0.25) is 4.79 Å². The first kappa shape index (κ1) is 29.7. The number of ether oxygens (including phenoxy) is 2. The van der Waals surface area contributed by atoms with Crippen molar-refractivity contribution in [3.05, 3.63) is 77.6 Å². The van der Waals surface area contributed by atoms with Crippen LogP contribution in [0.3, 0.4) is 0 Å². The van der Waals surface area contributed by atoms with Crippen molar-refractivity contribution in [3.8, 4) is 0 Å². The summed E-state index contributed by atoms with van der Waals surface area (Å²) < 4.78 is 10.8. The first-order chi connectivity index (χ1) is 18.6. The Morgan fingerprint density at radius 1 is 0.897 bits per heavy atom. The Morgan fingerprint density at radius 3 is 2.18 bits per heavy atom. The van der Waals surface area contributed by atoms with Crippen LogP contribution in [0.15, 0.2) is 66.4 Å². The first-order valence-electron chi connectivity index (χ1n) is 13.3. The minimum atomic E-state index is -0.717. The number of anilines is 1. The van der Waals surface area contributed by atoms with Crippen LogP contribution in [-0.4, -0.2) is 35.3 Å². The molecule has 3 amide bonds. The van der Waals surface area contributed by atoms with E-state index in [1.54, 1.807) is 30.3 Å². The monoisotopic (exact) mass is 537 g/mol. The van der Waals surface area contributed by atoms with Crippen LogP contribution in [0.2, 0.25) is 0 Å². The second-order valence-electron chi connectivity index (χ2n) is 10.7. The molecule has 0 unspecified atom stereocenters. The number of carbonyl (C=O) groups is 3. The molecule has 2 aromatic carbocycles. The standard InChI is InChI=1S/C30H39N3O6/c1-30(2,3)39-29(37)32-19-23-11-9-21(10-12-23)17-26(27(35)33-25-15-13-24(20-34)14-16-25)38-28(36)31-18-22-7-5-4-6-8-22/h4-8,13-17,21,23,34H,9-12,18-20H2,1-3H3,(H,31,36)(H,32,37)(H,33,35). The maximum absolute atomic E-state index is 13.1. The van der Waals surface area contributed by atoms with Gasteiger partial charge in [0, 0.05) is 18.8 Å². The lowest BCUT2D eigenvalue weighted by Crippen LogP contribution is -2.36. The number of alkyl carbamates (subject to hydrolysis) is 2. The lowest BCUT2D eigenvalue weighted by Gasteiger charge is -2.28. The second-order valence-corrected chi connectivity index (χ2v) is 10.7. The summed E-state index contributed by atoms with van der Waals surface area (Å²) in [5.74, 6) is -0.251. The Bertz CT molecular complexity index is 1120. The van der Waals surface area contributed by atoms with E-state index in [4.69, 9.17) is 9.47 Å². The van der Waals surface area contributed by atoms with E-state index in [0.29, 0.717) is 18.2 Å². The highest BCUT2D eigenvalue weighted by molar-refractivity contribution is 6.03. The molecule has 0 spiro atoms. The zero-order chi connectivity index (χ0) is 28.3. The van der Waals surface area contributed by atoms with E-state index in [1.807, 2.05) is 51.1 Å². The molecule has 39 heavy (non-hydrogen) atoms. The predicted octanol–water partition coefficient (Wildman–Crippen LogP) is 5.26. The minimum Gasteiger partial charge on any atom is -0.444 e. The molecule has 2 aromatic rings. The van der Waals surface area contributed by atoms with Gasteiger partial charge in [0.25, 0.3) is 5.91 Å². The third-order valence-corrected chi connectivity index (χ3v) is 6.31. The Hall–Kier alpha value is -3.85. The summed E-state index contributed by atoms with van der Waals surface area (Å²) in [6.07, 6.45) is 3.87. The van der Waals surface area contributed by atoms with Gasteiger partial charge < -0.3 is 30.5 Å². The number of nitrogens with one attached hydrogen (secondary N) is 3.